The molecule has 2 aliphatic heterocycles. The van der Waals surface area contributed by atoms with E-state index in [1.54, 1.807) is 24.3 Å². The van der Waals surface area contributed by atoms with Crippen molar-refractivity contribution in [1.82, 2.24) is 0 Å². The summed E-state index contributed by atoms with van der Waals surface area (Å²) in [5.41, 5.74) is 11.1. The van der Waals surface area contributed by atoms with Crippen LogP contribution in [0.3, 0.4) is 0 Å². The molecule has 40 heavy (non-hydrogen) atoms. The number of amides is 2. The lowest BCUT2D eigenvalue weighted by atomic mass is 9.90. The summed E-state index contributed by atoms with van der Waals surface area (Å²) in [6.45, 7) is 15.4. The third-order valence-electron chi connectivity index (χ3n) is 9.39. The average Bonchev–Trinajstić information content (AvgIpc) is 3.35. The van der Waals surface area contributed by atoms with Gasteiger partial charge >= 0.3 is 0 Å². The van der Waals surface area contributed by atoms with Crippen LogP contribution in [0.4, 0.5) is 11.4 Å². The minimum atomic E-state index is -0.375. The standard InChI is InChI=1S/C34H30N2O4/c1-14-15(2)19(6)26-25(18(14)5)31(37)29(32(26)38)23-13-12-22-10-9-11-24(30(22)35-23)36-33(39)27-20(7)16(3)17(4)21(8)28(27)34(36)40/h9-13,35H,1-8H3. The first-order valence-corrected chi connectivity index (χ1v) is 13.4. The van der Waals surface area contributed by atoms with Gasteiger partial charge in [0.15, 0.2) is 11.6 Å². The van der Waals surface area contributed by atoms with Crippen LogP contribution in [-0.2, 0) is 0 Å². The Kier molecular flexibility index (Phi) is 5.43. The van der Waals surface area contributed by atoms with Gasteiger partial charge in [0.1, 0.15) is 0 Å². The Balaban J connectivity index is 1.49. The number of rotatable bonds is 1. The fraction of sp³-hybridized carbons (Fsp3) is 0.235. The lowest BCUT2D eigenvalue weighted by Gasteiger charge is -2.24. The van der Waals surface area contributed by atoms with E-state index >= 15 is 0 Å². The van der Waals surface area contributed by atoms with Crippen molar-refractivity contribution in [3.05, 3.63) is 108 Å². The van der Waals surface area contributed by atoms with Crippen LogP contribution >= 0.6 is 0 Å². The number of para-hydroxylation sites is 1. The maximum absolute atomic E-state index is 13.8. The van der Waals surface area contributed by atoms with Crippen LogP contribution in [0.2, 0.25) is 0 Å². The van der Waals surface area contributed by atoms with Gasteiger partial charge in [-0.1, -0.05) is 18.2 Å². The molecule has 0 radical (unpaired) electrons. The van der Waals surface area contributed by atoms with E-state index in [1.165, 1.54) is 4.90 Å². The summed E-state index contributed by atoms with van der Waals surface area (Å²) in [4.78, 5) is 56.2. The van der Waals surface area contributed by atoms with Crippen molar-refractivity contribution in [2.45, 2.75) is 55.4 Å². The van der Waals surface area contributed by atoms with Crippen LogP contribution in [0.1, 0.15) is 91.5 Å². The summed E-state index contributed by atoms with van der Waals surface area (Å²) in [7, 11) is 0. The number of fused-ring (bicyclic) bond motifs is 3. The van der Waals surface area contributed by atoms with Crippen molar-refractivity contribution in [3.8, 4) is 0 Å². The molecular formula is C34H30N2O4. The summed E-state index contributed by atoms with van der Waals surface area (Å²) in [5, 5.41) is 3.27. The van der Waals surface area contributed by atoms with E-state index in [4.69, 9.17) is 0 Å². The Morgan fingerprint density at radius 1 is 0.550 bits per heavy atom. The SMILES string of the molecule is Cc1c(C)c(C)c2c(c1C)C(=O)C(=C1C=Cc3cccc(N4C(=O)c5c(C)c(C)c(C)c(C)c5C4=O)c3N1)C2=O. The summed E-state index contributed by atoms with van der Waals surface area (Å²) < 4.78 is 0. The lowest BCUT2D eigenvalue weighted by molar-refractivity contribution is 0.0922. The van der Waals surface area contributed by atoms with Crippen molar-refractivity contribution in [2.24, 2.45) is 0 Å². The molecule has 3 aromatic rings. The maximum atomic E-state index is 13.8. The lowest BCUT2D eigenvalue weighted by Crippen LogP contribution is -2.31. The van der Waals surface area contributed by atoms with Crippen molar-refractivity contribution >= 4 is 40.8 Å². The zero-order chi connectivity index (χ0) is 28.9. The van der Waals surface area contributed by atoms with Crippen molar-refractivity contribution < 1.29 is 19.2 Å². The number of carbonyl (C=O) groups is 4. The number of Topliss-reactive ketones (excluding diaryl/α,β-unsaturated/α-hetero) is 2. The Labute approximate surface area is 233 Å². The molecule has 0 atom stereocenters. The van der Waals surface area contributed by atoms with Crippen LogP contribution in [0.25, 0.3) is 6.08 Å². The van der Waals surface area contributed by atoms with Gasteiger partial charge in [-0.15, -0.1) is 0 Å². The Morgan fingerprint density at radius 2 is 1.00 bits per heavy atom. The quantitative estimate of drug-likeness (QED) is 0.214. The first-order chi connectivity index (χ1) is 18.9. The number of hydrogen-bond acceptors (Lipinski definition) is 5. The molecule has 0 bridgehead atoms. The number of ketones is 2. The van der Waals surface area contributed by atoms with E-state index in [-0.39, 0.29) is 29.0 Å². The zero-order valence-electron chi connectivity index (χ0n) is 24.0. The van der Waals surface area contributed by atoms with E-state index in [0.29, 0.717) is 39.3 Å². The highest BCUT2D eigenvalue weighted by atomic mass is 16.2. The van der Waals surface area contributed by atoms with Gasteiger partial charge in [-0.3, -0.25) is 19.2 Å². The zero-order valence-corrected chi connectivity index (χ0v) is 24.0. The molecule has 1 aliphatic carbocycles. The van der Waals surface area contributed by atoms with Crippen LogP contribution in [0.5, 0.6) is 0 Å². The fourth-order valence-corrected chi connectivity index (χ4v) is 6.37. The van der Waals surface area contributed by atoms with Gasteiger partial charge < -0.3 is 5.32 Å². The summed E-state index contributed by atoms with van der Waals surface area (Å²) in [5.74, 6) is -1.37. The molecule has 1 N–H and O–H groups in total. The van der Waals surface area contributed by atoms with E-state index in [2.05, 4.69) is 5.32 Å². The second-order valence-corrected chi connectivity index (χ2v) is 11.1. The average molecular weight is 531 g/mol. The summed E-state index contributed by atoms with van der Waals surface area (Å²) in [6, 6.07) is 5.37. The van der Waals surface area contributed by atoms with E-state index < -0.39 is 0 Å². The molecule has 0 fully saturated rings. The van der Waals surface area contributed by atoms with Crippen molar-refractivity contribution in [3.63, 3.8) is 0 Å². The molecule has 0 spiro atoms. The van der Waals surface area contributed by atoms with Crippen molar-refractivity contribution in [2.75, 3.05) is 10.2 Å². The monoisotopic (exact) mass is 530 g/mol. The molecule has 6 heteroatoms. The van der Waals surface area contributed by atoms with Gasteiger partial charge in [0.2, 0.25) is 0 Å². The van der Waals surface area contributed by atoms with Gasteiger partial charge in [0.25, 0.3) is 11.8 Å². The highest BCUT2D eigenvalue weighted by molar-refractivity contribution is 6.41. The molecule has 3 aliphatic rings. The molecule has 3 aromatic carbocycles. The number of hydrogen-bond donors (Lipinski definition) is 1. The number of carbonyl (C=O) groups excluding carboxylic acids is 4. The van der Waals surface area contributed by atoms with Crippen molar-refractivity contribution in [1.29, 1.82) is 0 Å². The van der Waals surface area contributed by atoms with Gasteiger partial charge in [-0.25, -0.2) is 4.90 Å². The normalized spacial score (nSPS) is 15.7. The first kappa shape index (κ1) is 25.7. The van der Waals surface area contributed by atoms with Gasteiger partial charge in [-0.05, 0) is 112 Å². The summed E-state index contributed by atoms with van der Waals surface area (Å²) in [6.07, 6.45) is 3.53. The van der Waals surface area contributed by atoms with Crippen LogP contribution in [0.15, 0.2) is 35.5 Å². The minimum absolute atomic E-state index is 0.0724. The third kappa shape index (κ3) is 3.10. The largest absolute Gasteiger partial charge is 0.353 e. The summed E-state index contributed by atoms with van der Waals surface area (Å²) >= 11 is 0. The van der Waals surface area contributed by atoms with E-state index in [1.807, 2.05) is 61.5 Å². The highest BCUT2D eigenvalue weighted by Crippen LogP contribution is 2.43. The van der Waals surface area contributed by atoms with Gasteiger partial charge in [-0.2, -0.15) is 0 Å². The fourth-order valence-electron chi connectivity index (χ4n) is 6.37. The molecule has 6 nitrogen and oxygen atoms in total. The molecule has 0 saturated carbocycles. The minimum Gasteiger partial charge on any atom is -0.353 e. The number of nitrogens with one attached hydrogen (secondary N) is 1. The topological polar surface area (TPSA) is 83.6 Å². The van der Waals surface area contributed by atoms with Crippen LogP contribution in [-0.4, -0.2) is 23.4 Å². The van der Waals surface area contributed by atoms with Crippen LogP contribution in [0, 0.1) is 55.4 Å². The molecule has 6 rings (SSSR count). The maximum Gasteiger partial charge on any atom is 0.266 e. The number of benzene rings is 3. The molecule has 200 valence electrons. The molecule has 2 heterocycles. The second-order valence-electron chi connectivity index (χ2n) is 11.1. The third-order valence-corrected chi connectivity index (χ3v) is 9.39. The predicted octanol–water partition coefficient (Wildman–Crippen LogP) is 6.73. The Hall–Kier alpha value is -4.58. The first-order valence-electron chi connectivity index (χ1n) is 13.4. The molecule has 0 unspecified atom stereocenters. The van der Waals surface area contributed by atoms with Gasteiger partial charge in [0.05, 0.1) is 33.8 Å². The number of nitrogens with zero attached hydrogens (tertiary/aromatic N) is 1. The molecule has 2 amide bonds. The van der Waals surface area contributed by atoms with Crippen LogP contribution < -0.4 is 10.2 Å². The number of allylic oxidation sites excluding steroid dienone is 2. The highest BCUT2D eigenvalue weighted by Gasteiger charge is 2.43. The molecule has 0 aromatic heterocycles. The predicted molar refractivity (Wildman–Crippen MR) is 157 cm³/mol. The van der Waals surface area contributed by atoms with E-state index in [0.717, 1.165) is 50.1 Å². The second kappa shape index (κ2) is 8.46. The Bertz CT molecular complexity index is 1770. The molecule has 0 saturated heterocycles. The number of anilines is 2. The smallest absolute Gasteiger partial charge is 0.266 e. The van der Waals surface area contributed by atoms with Gasteiger partial charge in [0, 0.05) is 16.7 Å². The van der Waals surface area contributed by atoms with E-state index in [9.17, 15) is 19.2 Å². The Morgan fingerprint density at radius 3 is 1.48 bits per heavy atom. The number of imide groups is 1. The molecular weight excluding hydrogens is 500 g/mol.